The van der Waals surface area contributed by atoms with Crippen LogP contribution < -0.4 is 14.4 Å². The summed E-state index contributed by atoms with van der Waals surface area (Å²) < 4.78 is 8.42. The fourth-order valence-corrected chi connectivity index (χ4v) is 4.52. The number of aryl methyl sites for hydroxylation is 1. The molecule has 1 aliphatic heterocycles. The summed E-state index contributed by atoms with van der Waals surface area (Å²) in [7, 11) is 1.56. The van der Waals surface area contributed by atoms with Gasteiger partial charge in [-0.1, -0.05) is 23.2 Å². The Morgan fingerprint density at radius 1 is 1.03 bits per heavy atom. The van der Waals surface area contributed by atoms with Crippen molar-refractivity contribution in [1.29, 1.82) is 0 Å². The first kappa shape index (κ1) is 22.6. The van der Waals surface area contributed by atoms with Crippen LogP contribution in [0.2, 0.25) is 10.0 Å². The zero-order chi connectivity index (χ0) is 21.8. The van der Waals surface area contributed by atoms with E-state index in [1.54, 1.807) is 30.2 Å². The molecule has 9 heteroatoms. The first-order valence-corrected chi connectivity index (χ1v) is 11.0. The second-order valence-electron chi connectivity index (χ2n) is 7.00. The maximum Gasteiger partial charge on any atom is 0.302 e. The minimum atomic E-state index is -0.0919. The van der Waals surface area contributed by atoms with E-state index < -0.39 is 0 Å². The third-order valence-electron chi connectivity index (χ3n) is 4.92. The topological polar surface area (TPSA) is 61.9 Å². The molecule has 0 unspecified atom stereocenters. The summed E-state index contributed by atoms with van der Waals surface area (Å²) >= 11 is 13.2. The third-order valence-corrected chi connectivity index (χ3v) is 6.12. The highest BCUT2D eigenvalue weighted by atomic mass is 35.5. The van der Waals surface area contributed by atoms with Gasteiger partial charge in [0, 0.05) is 59.4 Å². The van der Waals surface area contributed by atoms with Crippen LogP contribution in [0.4, 0.5) is 16.2 Å². The maximum atomic E-state index is 12.7. The van der Waals surface area contributed by atoms with Crippen LogP contribution in [0.1, 0.15) is 22.8 Å². The number of Topliss-reactive ketones (excluding diaryl/α,β-unsaturated/α-hetero) is 1. The van der Waals surface area contributed by atoms with Gasteiger partial charge in [-0.05, 0) is 49.7 Å². The molecule has 160 valence electrons. The van der Waals surface area contributed by atoms with E-state index in [1.807, 2.05) is 19.1 Å². The Bertz CT molecular complexity index is 943. The van der Waals surface area contributed by atoms with E-state index in [9.17, 15) is 9.59 Å². The average molecular weight is 468 g/mol. The Balaban J connectivity index is 1.60. The normalized spacial score (nSPS) is 13.9. The number of hydrogen-bond donors (Lipinski definition) is 1. The number of piperazine rings is 1. The molecule has 0 saturated carbocycles. The van der Waals surface area contributed by atoms with E-state index in [4.69, 9.17) is 27.9 Å². The molecular weight excluding hydrogens is 445 g/mol. The van der Waals surface area contributed by atoms with Crippen molar-refractivity contribution in [3.8, 4) is 5.75 Å². The summed E-state index contributed by atoms with van der Waals surface area (Å²) in [6, 6.07) is 8.96. The molecule has 0 spiro atoms. The smallest absolute Gasteiger partial charge is 0.302 e. The van der Waals surface area contributed by atoms with E-state index in [1.165, 1.54) is 6.92 Å². The summed E-state index contributed by atoms with van der Waals surface area (Å²) in [5, 5.41) is 1.09. The number of halogens is 2. The van der Waals surface area contributed by atoms with Crippen LogP contribution in [0.25, 0.3) is 0 Å². The van der Waals surface area contributed by atoms with Gasteiger partial charge >= 0.3 is 5.24 Å². The van der Waals surface area contributed by atoms with Crippen molar-refractivity contribution in [2.24, 2.45) is 0 Å². The molecule has 1 saturated heterocycles. The minimum Gasteiger partial charge on any atom is -0.495 e. The van der Waals surface area contributed by atoms with Crippen LogP contribution in [0.5, 0.6) is 5.75 Å². The summed E-state index contributed by atoms with van der Waals surface area (Å²) in [5.41, 5.74) is 2.98. The highest BCUT2D eigenvalue weighted by molar-refractivity contribution is 8.14. The van der Waals surface area contributed by atoms with Crippen LogP contribution in [0.3, 0.4) is 0 Å². The average Bonchev–Trinajstić information content (AvgIpc) is 2.71. The van der Waals surface area contributed by atoms with Gasteiger partial charge in [-0.2, -0.15) is 0 Å². The van der Waals surface area contributed by atoms with E-state index >= 15 is 0 Å². The number of carbonyl (C=O) groups is 2. The van der Waals surface area contributed by atoms with E-state index in [-0.39, 0.29) is 11.0 Å². The lowest BCUT2D eigenvalue weighted by atomic mass is 10.0. The van der Waals surface area contributed by atoms with Crippen molar-refractivity contribution >= 4 is 57.5 Å². The second-order valence-corrected chi connectivity index (χ2v) is 8.63. The van der Waals surface area contributed by atoms with Gasteiger partial charge < -0.3 is 19.3 Å². The Morgan fingerprint density at radius 3 is 2.23 bits per heavy atom. The van der Waals surface area contributed by atoms with E-state index in [0.29, 0.717) is 53.2 Å². The van der Waals surface area contributed by atoms with Gasteiger partial charge in [-0.25, -0.2) is 0 Å². The van der Waals surface area contributed by atoms with Crippen LogP contribution in [0, 0.1) is 6.92 Å². The summed E-state index contributed by atoms with van der Waals surface area (Å²) in [6.07, 6.45) is 0. The number of rotatable bonds is 5. The fourth-order valence-electron chi connectivity index (χ4n) is 3.34. The van der Waals surface area contributed by atoms with Crippen molar-refractivity contribution in [2.45, 2.75) is 13.8 Å². The van der Waals surface area contributed by atoms with Crippen molar-refractivity contribution < 1.29 is 14.3 Å². The van der Waals surface area contributed by atoms with Gasteiger partial charge in [0.25, 0.3) is 0 Å². The summed E-state index contributed by atoms with van der Waals surface area (Å²) in [4.78, 5) is 28.4. The molecule has 0 atom stereocenters. The van der Waals surface area contributed by atoms with Gasteiger partial charge in [-0.15, -0.1) is 0 Å². The van der Waals surface area contributed by atoms with Gasteiger partial charge in [0.05, 0.1) is 12.8 Å². The Hall–Kier alpha value is -2.09. The fraction of sp³-hybridized carbons (Fsp3) is 0.333. The molecule has 0 aliphatic carbocycles. The molecule has 1 aliphatic rings. The summed E-state index contributed by atoms with van der Waals surface area (Å²) in [5.74, 6) is 0.548. The molecule has 1 fully saturated rings. The molecule has 2 aromatic carbocycles. The zero-order valence-electron chi connectivity index (χ0n) is 17.0. The van der Waals surface area contributed by atoms with Crippen molar-refractivity contribution in [2.75, 3.05) is 42.9 Å². The zero-order valence-corrected chi connectivity index (χ0v) is 19.3. The molecule has 1 N–H and O–H groups in total. The largest absolute Gasteiger partial charge is 0.495 e. The van der Waals surface area contributed by atoms with Gasteiger partial charge in [0.15, 0.2) is 5.78 Å². The first-order valence-electron chi connectivity index (χ1n) is 9.41. The molecule has 30 heavy (non-hydrogen) atoms. The minimum absolute atomic E-state index is 0.0354. The number of methoxy groups -OCH3 is 1. The number of carbonyl (C=O) groups excluding carboxylic acids is 2. The quantitative estimate of drug-likeness (QED) is 0.461. The lowest BCUT2D eigenvalue weighted by Crippen LogP contribution is -2.47. The Morgan fingerprint density at radius 2 is 1.67 bits per heavy atom. The molecule has 0 radical (unpaired) electrons. The van der Waals surface area contributed by atoms with Crippen LogP contribution >= 0.6 is 35.1 Å². The van der Waals surface area contributed by atoms with Crippen LogP contribution in [0.15, 0.2) is 30.3 Å². The highest BCUT2D eigenvalue weighted by Gasteiger charge is 2.23. The number of benzene rings is 2. The van der Waals surface area contributed by atoms with Gasteiger partial charge in [0.2, 0.25) is 0 Å². The predicted octanol–water partition coefficient (Wildman–Crippen LogP) is 5.52. The molecule has 0 bridgehead atoms. The standard InChI is InChI=1S/C21H23Cl2N3O3S/c1-13-8-20(29-3)19(12-18(13)14(2)27)24-30-21(28)26-6-4-25(5-7-26)17-10-15(22)9-16(23)11-17/h8-12,24H,4-7H2,1-3H3. The third kappa shape index (κ3) is 5.33. The first-order chi connectivity index (χ1) is 14.3. The lowest BCUT2D eigenvalue weighted by molar-refractivity contribution is 0.101. The van der Waals surface area contributed by atoms with Crippen LogP contribution in [-0.4, -0.2) is 49.2 Å². The van der Waals surface area contributed by atoms with Crippen molar-refractivity contribution in [1.82, 2.24) is 4.90 Å². The molecule has 1 heterocycles. The Kier molecular flexibility index (Phi) is 7.39. The van der Waals surface area contributed by atoms with Gasteiger partial charge in [0.1, 0.15) is 5.75 Å². The lowest BCUT2D eigenvalue weighted by Gasteiger charge is -2.36. The van der Waals surface area contributed by atoms with Crippen molar-refractivity contribution in [3.05, 3.63) is 51.5 Å². The van der Waals surface area contributed by atoms with E-state index in [2.05, 4.69) is 9.62 Å². The number of hydrogen-bond acceptors (Lipinski definition) is 6. The molecule has 2 aromatic rings. The summed E-state index contributed by atoms with van der Waals surface area (Å²) in [6.45, 7) is 5.91. The predicted molar refractivity (Wildman–Crippen MR) is 125 cm³/mol. The number of nitrogens with one attached hydrogen (secondary N) is 1. The number of ketones is 1. The number of amides is 1. The molecule has 1 amide bonds. The monoisotopic (exact) mass is 467 g/mol. The SMILES string of the molecule is COc1cc(C)c(C(C)=O)cc1NSC(=O)N1CCN(c2cc(Cl)cc(Cl)c2)CC1. The second kappa shape index (κ2) is 9.81. The van der Waals surface area contributed by atoms with Gasteiger partial charge in [-0.3, -0.25) is 9.59 Å². The number of nitrogens with zero attached hydrogens (tertiary/aromatic N) is 2. The Labute approximate surface area is 190 Å². The highest BCUT2D eigenvalue weighted by Crippen LogP contribution is 2.31. The van der Waals surface area contributed by atoms with Crippen LogP contribution in [-0.2, 0) is 0 Å². The molecule has 3 rings (SSSR count). The molecule has 0 aromatic heterocycles. The van der Waals surface area contributed by atoms with E-state index in [0.717, 1.165) is 23.2 Å². The molecule has 6 nitrogen and oxygen atoms in total. The van der Waals surface area contributed by atoms with Crippen molar-refractivity contribution in [3.63, 3.8) is 0 Å². The molecular formula is C21H23Cl2N3O3S. The number of ether oxygens (including phenoxy) is 1. The maximum absolute atomic E-state index is 12.7. The number of anilines is 2.